The molecule has 128 valence electrons. The van der Waals surface area contributed by atoms with Gasteiger partial charge in [-0.2, -0.15) is 0 Å². The number of hydrogen-bond acceptors (Lipinski definition) is 4. The third kappa shape index (κ3) is 4.31. The van der Waals surface area contributed by atoms with Crippen LogP contribution in [0.2, 0.25) is 0 Å². The molecule has 1 atom stereocenters. The van der Waals surface area contributed by atoms with Crippen LogP contribution in [-0.2, 0) is 16.1 Å². The highest BCUT2D eigenvalue weighted by Crippen LogP contribution is 2.32. The van der Waals surface area contributed by atoms with Crippen molar-refractivity contribution in [3.05, 3.63) is 11.9 Å². The van der Waals surface area contributed by atoms with Crippen LogP contribution in [0.25, 0.3) is 0 Å². The Labute approximate surface area is 138 Å². The summed E-state index contributed by atoms with van der Waals surface area (Å²) in [5.41, 5.74) is 1.16. The SMILES string of the molecule is COCC(=O)N1CCCCC(Cn2cc(C3CCCC3)nn2)C1. The van der Waals surface area contributed by atoms with Crippen molar-refractivity contribution in [1.82, 2.24) is 19.9 Å². The number of ether oxygens (including phenoxy) is 1. The number of rotatable bonds is 5. The normalized spacial score (nSPS) is 23.2. The monoisotopic (exact) mass is 320 g/mol. The Morgan fingerprint density at radius 2 is 2.04 bits per heavy atom. The molecule has 1 unspecified atom stereocenters. The van der Waals surface area contributed by atoms with E-state index in [1.54, 1.807) is 7.11 Å². The molecule has 0 N–H and O–H groups in total. The van der Waals surface area contributed by atoms with Gasteiger partial charge >= 0.3 is 0 Å². The molecule has 1 aromatic heterocycles. The number of aromatic nitrogens is 3. The van der Waals surface area contributed by atoms with E-state index >= 15 is 0 Å². The molecular weight excluding hydrogens is 292 g/mol. The van der Waals surface area contributed by atoms with Gasteiger partial charge in [0.25, 0.3) is 0 Å². The van der Waals surface area contributed by atoms with Crippen LogP contribution in [0.5, 0.6) is 0 Å². The van der Waals surface area contributed by atoms with E-state index in [2.05, 4.69) is 16.5 Å². The van der Waals surface area contributed by atoms with Crippen molar-refractivity contribution < 1.29 is 9.53 Å². The van der Waals surface area contributed by atoms with Gasteiger partial charge in [0.05, 0.1) is 5.69 Å². The standard InChI is InChI=1S/C17H28N4O2/c1-23-13-17(22)20-9-5-4-6-14(10-20)11-21-12-16(18-19-21)15-7-2-3-8-15/h12,14-15H,2-11,13H2,1H3. The zero-order valence-corrected chi connectivity index (χ0v) is 14.1. The average Bonchev–Trinajstić information content (AvgIpc) is 3.16. The fourth-order valence-electron chi connectivity index (χ4n) is 3.90. The van der Waals surface area contributed by atoms with Gasteiger partial charge in [0.1, 0.15) is 6.61 Å². The Morgan fingerprint density at radius 3 is 2.83 bits per heavy atom. The molecule has 6 heteroatoms. The summed E-state index contributed by atoms with van der Waals surface area (Å²) in [5, 5.41) is 8.71. The van der Waals surface area contributed by atoms with Crippen LogP contribution in [0.1, 0.15) is 56.6 Å². The molecule has 1 aliphatic heterocycles. The Hall–Kier alpha value is -1.43. The van der Waals surface area contributed by atoms with Crippen LogP contribution in [0.3, 0.4) is 0 Å². The van der Waals surface area contributed by atoms with E-state index in [9.17, 15) is 4.79 Å². The third-order valence-corrected chi connectivity index (χ3v) is 5.16. The van der Waals surface area contributed by atoms with E-state index in [-0.39, 0.29) is 12.5 Å². The molecule has 2 fully saturated rings. The molecule has 1 aromatic rings. The van der Waals surface area contributed by atoms with Gasteiger partial charge in [-0.3, -0.25) is 9.48 Å². The van der Waals surface area contributed by atoms with E-state index in [1.165, 1.54) is 32.1 Å². The van der Waals surface area contributed by atoms with Crippen LogP contribution in [0.15, 0.2) is 6.20 Å². The minimum absolute atomic E-state index is 0.102. The number of carbonyl (C=O) groups excluding carboxylic acids is 1. The second kappa shape index (κ2) is 7.90. The lowest BCUT2D eigenvalue weighted by molar-refractivity contribution is -0.135. The largest absolute Gasteiger partial charge is 0.375 e. The van der Waals surface area contributed by atoms with E-state index in [0.717, 1.165) is 38.2 Å². The van der Waals surface area contributed by atoms with Crippen molar-refractivity contribution in [1.29, 1.82) is 0 Å². The van der Waals surface area contributed by atoms with Crippen molar-refractivity contribution in [3.8, 4) is 0 Å². The van der Waals surface area contributed by atoms with Gasteiger partial charge in [0.15, 0.2) is 0 Å². The van der Waals surface area contributed by atoms with Crippen LogP contribution in [-0.4, -0.2) is 52.6 Å². The maximum absolute atomic E-state index is 12.1. The Balaban J connectivity index is 1.58. The van der Waals surface area contributed by atoms with Crippen molar-refractivity contribution in [2.24, 2.45) is 5.92 Å². The first-order valence-electron chi connectivity index (χ1n) is 8.93. The second-order valence-corrected chi connectivity index (χ2v) is 6.98. The molecule has 1 saturated carbocycles. The number of hydrogen-bond donors (Lipinski definition) is 0. The van der Waals surface area contributed by atoms with Crippen molar-refractivity contribution in [3.63, 3.8) is 0 Å². The maximum Gasteiger partial charge on any atom is 0.248 e. The summed E-state index contributed by atoms with van der Waals surface area (Å²) in [6.45, 7) is 2.70. The lowest BCUT2D eigenvalue weighted by Gasteiger charge is -2.24. The number of likely N-dealkylation sites (tertiary alicyclic amines) is 1. The lowest BCUT2D eigenvalue weighted by Crippen LogP contribution is -2.37. The molecule has 0 spiro atoms. The van der Waals surface area contributed by atoms with Gasteiger partial charge < -0.3 is 9.64 Å². The number of carbonyl (C=O) groups is 1. The van der Waals surface area contributed by atoms with Crippen LogP contribution < -0.4 is 0 Å². The van der Waals surface area contributed by atoms with Gasteiger partial charge in [-0.05, 0) is 31.6 Å². The smallest absolute Gasteiger partial charge is 0.248 e. The lowest BCUT2D eigenvalue weighted by atomic mass is 10.0. The fraction of sp³-hybridized carbons (Fsp3) is 0.824. The first-order chi connectivity index (χ1) is 11.3. The molecule has 2 aliphatic rings. The minimum atomic E-state index is 0.102. The van der Waals surface area contributed by atoms with Gasteiger partial charge in [-0.1, -0.05) is 24.5 Å². The first kappa shape index (κ1) is 16.4. The van der Waals surface area contributed by atoms with Crippen LogP contribution in [0, 0.1) is 5.92 Å². The summed E-state index contributed by atoms with van der Waals surface area (Å²) in [5.74, 6) is 1.17. The van der Waals surface area contributed by atoms with E-state index in [4.69, 9.17) is 4.74 Å². The summed E-state index contributed by atoms with van der Waals surface area (Å²) in [6, 6.07) is 0. The van der Waals surface area contributed by atoms with E-state index < -0.39 is 0 Å². The van der Waals surface area contributed by atoms with E-state index in [0.29, 0.717) is 11.8 Å². The molecule has 1 saturated heterocycles. The number of methoxy groups -OCH3 is 1. The zero-order valence-electron chi connectivity index (χ0n) is 14.1. The van der Waals surface area contributed by atoms with Crippen molar-refractivity contribution in [2.45, 2.75) is 57.4 Å². The molecule has 23 heavy (non-hydrogen) atoms. The third-order valence-electron chi connectivity index (χ3n) is 5.16. The van der Waals surface area contributed by atoms with Crippen LogP contribution in [0.4, 0.5) is 0 Å². The summed E-state index contributed by atoms with van der Waals surface area (Å²) < 4.78 is 6.98. The molecule has 0 aromatic carbocycles. The second-order valence-electron chi connectivity index (χ2n) is 6.98. The molecule has 0 bridgehead atoms. The predicted molar refractivity (Wildman–Crippen MR) is 87.0 cm³/mol. The van der Waals surface area contributed by atoms with Crippen molar-refractivity contribution in [2.75, 3.05) is 26.8 Å². The quantitative estimate of drug-likeness (QED) is 0.834. The molecule has 3 rings (SSSR count). The number of amides is 1. The summed E-state index contributed by atoms with van der Waals surface area (Å²) in [6.07, 6.45) is 10.7. The Morgan fingerprint density at radius 1 is 1.26 bits per heavy atom. The maximum atomic E-state index is 12.1. The summed E-state index contributed by atoms with van der Waals surface area (Å²) in [4.78, 5) is 14.0. The zero-order chi connectivity index (χ0) is 16.1. The Kier molecular flexibility index (Phi) is 5.65. The number of nitrogens with zero attached hydrogens (tertiary/aromatic N) is 4. The highest BCUT2D eigenvalue weighted by molar-refractivity contribution is 5.77. The molecule has 1 amide bonds. The molecule has 1 aliphatic carbocycles. The summed E-state index contributed by atoms with van der Waals surface area (Å²) in [7, 11) is 1.58. The molecule has 2 heterocycles. The first-order valence-corrected chi connectivity index (χ1v) is 8.93. The molecular formula is C17H28N4O2. The minimum Gasteiger partial charge on any atom is -0.375 e. The molecule has 6 nitrogen and oxygen atoms in total. The average molecular weight is 320 g/mol. The van der Waals surface area contributed by atoms with E-state index in [1.807, 2.05) is 9.58 Å². The van der Waals surface area contributed by atoms with Crippen molar-refractivity contribution >= 4 is 5.91 Å². The molecule has 0 radical (unpaired) electrons. The highest BCUT2D eigenvalue weighted by Gasteiger charge is 2.24. The topological polar surface area (TPSA) is 60.2 Å². The fourth-order valence-corrected chi connectivity index (χ4v) is 3.90. The van der Waals surface area contributed by atoms with Gasteiger partial charge in [0, 0.05) is 38.9 Å². The Bertz CT molecular complexity index is 510. The van der Waals surface area contributed by atoms with Gasteiger partial charge in [-0.25, -0.2) is 0 Å². The summed E-state index contributed by atoms with van der Waals surface area (Å²) >= 11 is 0. The van der Waals surface area contributed by atoms with Gasteiger partial charge in [0.2, 0.25) is 5.91 Å². The highest BCUT2D eigenvalue weighted by atomic mass is 16.5. The van der Waals surface area contributed by atoms with Gasteiger partial charge in [-0.15, -0.1) is 5.10 Å². The van der Waals surface area contributed by atoms with Crippen LogP contribution >= 0.6 is 0 Å². The predicted octanol–water partition coefficient (Wildman–Crippen LogP) is 2.21.